The standard InChI is InChI=1S/C17H21NO/c1-3-13-9-11-14(12-10-13)19-17-8-6-5-7-15(17)16(18)4-2/h5-12,16H,3-4,18H2,1-2H3/t16-/m0/s1. The Labute approximate surface area is 115 Å². The molecule has 2 rings (SSSR count). The lowest BCUT2D eigenvalue weighted by Gasteiger charge is -2.15. The van der Waals surface area contributed by atoms with Crippen molar-refractivity contribution in [2.24, 2.45) is 5.73 Å². The van der Waals surface area contributed by atoms with Gasteiger partial charge >= 0.3 is 0 Å². The predicted molar refractivity (Wildman–Crippen MR) is 79.6 cm³/mol. The maximum atomic E-state index is 6.11. The number of ether oxygens (including phenoxy) is 1. The highest BCUT2D eigenvalue weighted by Crippen LogP contribution is 2.29. The van der Waals surface area contributed by atoms with Gasteiger partial charge in [-0.25, -0.2) is 0 Å². The first-order valence-corrected chi connectivity index (χ1v) is 6.85. The van der Waals surface area contributed by atoms with Gasteiger partial charge in [-0.2, -0.15) is 0 Å². The van der Waals surface area contributed by atoms with Crippen LogP contribution in [0.1, 0.15) is 37.4 Å². The van der Waals surface area contributed by atoms with Crippen molar-refractivity contribution in [1.82, 2.24) is 0 Å². The molecule has 2 aromatic carbocycles. The number of aryl methyl sites for hydroxylation is 1. The number of benzene rings is 2. The number of hydrogen-bond donors (Lipinski definition) is 1. The average molecular weight is 255 g/mol. The summed E-state index contributed by atoms with van der Waals surface area (Å²) in [4.78, 5) is 0. The number of para-hydroxylation sites is 1. The Kier molecular flexibility index (Phi) is 4.58. The number of rotatable bonds is 5. The molecule has 0 bridgehead atoms. The van der Waals surface area contributed by atoms with Crippen molar-refractivity contribution in [3.05, 3.63) is 59.7 Å². The SMILES string of the molecule is CCc1ccc(Oc2ccccc2[C@@H](N)CC)cc1. The van der Waals surface area contributed by atoms with E-state index in [0.717, 1.165) is 29.9 Å². The molecule has 19 heavy (non-hydrogen) atoms. The minimum absolute atomic E-state index is 0.0196. The van der Waals surface area contributed by atoms with Crippen LogP contribution in [0.25, 0.3) is 0 Å². The molecule has 2 N–H and O–H groups in total. The molecular formula is C17H21NO. The third-order valence-electron chi connectivity index (χ3n) is 3.32. The van der Waals surface area contributed by atoms with Crippen LogP contribution < -0.4 is 10.5 Å². The number of hydrogen-bond acceptors (Lipinski definition) is 2. The molecule has 0 unspecified atom stereocenters. The van der Waals surface area contributed by atoms with Crippen LogP contribution in [-0.4, -0.2) is 0 Å². The van der Waals surface area contributed by atoms with E-state index in [2.05, 4.69) is 26.0 Å². The lowest BCUT2D eigenvalue weighted by atomic mass is 10.0. The Morgan fingerprint density at radius 3 is 2.32 bits per heavy atom. The van der Waals surface area contributed by atoms with Crippen molar-refractivity contribution in [2.45, 2.75) is 32.7 Å². The Morgan fingerprint density at radius 1 is 1.00 bits per heavy atom. The summed E-state index contributed by atoms with van der Waals surface area (Å²) in [6.45, 7) is 4.23. The van der Waals surface area contributed by atoms with Crippen LogP contribution in [0, 0.1) is 0 Å². The molecule has 0 saturated carbocycles. The van der Waals surface area contributed by atoms with Crippen molar-refractivity contribution >= 4 is 0 Å². The summed E-state index contributed by atoms with van der Waals surface area (Å²) in [5.74, 6) is 1.70. The topological polar surface area (TPSA) is 35.2 Å². The Bertz CT molecular complexity index is 519. The first kappa shape index (κ1) is 13.6. The molecule has 2 heteroatoms. The van der Waals surface area contributed by atoms with Crippen LogP contribution in [0.15, 0.2) is 48.5 Å². The highest BCUT2D eigenvalue weighted by atomic mass is 16.5. The fourth-order valence-corrected chi connectivity index (χ4v) is 2.02. The van der Waals surface area contributed by atoms with E-state index in [1.165, 1.54) is 5.56 Å². The van der Waals surface area contributed by atoms with E-state index < -0.39 is 0 Å². The van der Waals surface area contributed by atoms with Gasteiger partial charge in [0.25, 0.3) is 0 Å². The Balaban J connectivity index is 2.22. The summed E-state index contributed by atoms with van der Waals surface area (Å²) >= 11 is 0. The number of nitrogens with two attached hydrogens (primary N) is 1. The highest BCUT2D eigenvalue weighted by molar-refractivity contribution is 5.40. The van der Waals surface area contributed by atoms with Gasteiger partial charge in [-0.1, -0.05) is 44.2 Å². The second-order valence-electron chi connectivity index (χ2n) is 4.65. The average Bonchev–Trinajstić information content (AvgIpc) is 2.48. The molecule has 100 valence electrons. The molecule has 0 aromatic heterocycles. The van der Waals surface area contributed by atoms with Crippen molar-refractivity contribution in [2.75, 3.05) is 0 Å². The molecular weight excluding hydrogens is 234 g/mol. The van der Waals surface area contributed by atoms with Gasteiger partial charge in [-0.3, -0.25) is 0 Å². The molecule has 0 aliphatic rings. The van der Waals surface area contributed by atoms with Crippen molar-refractivity contribution in [3.63, 3.8) is 0 Å². The van der Waals surface area contributed by atoms with E-state index in [4.69, 9.17) is 10.5 Å². The fraction of sp³-hybridized carbons (Fsp3) is 0.294. The third kappa shape index (κ3) is 3.36. The third-order valence-corrected chi connectivity index (χ3v) is 3.32. The largest absolute Gasteiger partial charge is 0.457 e. The fourth-order valence-electron chi connectivity index (χ4n) is 2.02. The maximum Gasteiger partial charge on any atom is 0.132 e. The van der Waals surface area contributed by atoms with E-state index >= 15 is 0 Å². The zero-order valence-corrected chi connectivity index (χ0v) is 11.6. The van der Waals surface area contributed by atoms with Gasteiger partial charge in [0, 0.05) is 11.6 Å². The molecule has 0 amide bonds. The molecule has 0 saturated heterocycles. The smallest absolute Gasteiger partial charge is 0.132 e. The van der Waals surface area contributed by atoms with Crippen LogP contribution in [-0.2, 0) is 6.42 Å². The van der Waals surface area contributed by atoms with Gasteiger partial charge in [0.05, 0.1) is 0 Å². The predicted octanol–water partition coefficient (Wildman–Crippen LogP) is 4.45. The van der Waals surface area contributed by atoms with Gasteiger partial charge in [0.15, 0.2) is 0 Å². The van der Waals surface area contributed by atoms with E-state index in [1.807, 2.05) is 36.4 Å². The zero-order valence-electron chi connectivity index (χ0n) is 11.6. The normalized spacial score (nSPS) is 12.2. The van der Waals surface area contributed by atoms with E-state index in [-0.39, 0.29) is 6.04 Å². The second kappa shape index (κ2) is 6.39. The lowest BCUT2D eigenvalue weighted by molar-refractivity contribution is 0.468. The van der Waals surface area contributed by atoms with Crippen LogP contribution in [0.5, 0.6) is 11.5 Å². The summed E-state index contributed by atoms with van der Waals surface area (Å²) in [7, 11) is 0. The highest BCUT2D eigenvalue weighted by Gasteiger charge is 2.10. The van der Waals surface area contributed by atoms with E-state index in [0.29, 0.717) is 0 Å². The van der Waals surface area contributed by atoms with Crippen LogP contribution >= 0.6 is 0 Å². The summed E-state index contributed by atoms with van der Waals surface area (Å²) < 4.78 is 5.95. The summed E-state index contributed by atoms with van der Waals surface area (Å²) in [6.07, 6.45) is 1.94. The Hall–Kier alpha value is -1.80. The van der Waals surface area contributed by atoms with Crippen LogP contribution in [0.3, 0.4) is 0 Å². The molecule has 0 spiro atoms. The van der Waals surface area contributed by atoms with Gasteiger partial charge in [0.1, 0.15) is 11.5 Å². The van der Waals surface area contributed by atoms with Gasteiger partial charge in [-0.15, -0.1) is 0 Å². The first-order chi connectivity index (χ1) is 9.24. The minimum Gasteiger partial charge on any atom is -0.457 e. The summed E-state index contributed by atoms with van der Waals surface area (Å²) in [5.41, 5.74) is 8.49. The van der Waals surface area contributed by atoms with Gasteiger partial charge in [0.2, 0.25) is 0 Å². The molecule has 0 heterocycles. The Morgan fingerprint density at radius 2 is 1.68 bits per heavy atom. The summed E-state index contributed by atoms with van der Waals surface area (Å²) in [5, 5.41) is 0. The van der Waals surface area contributed by atoms with E-state index in [9.17, 15) is 0 Å². The first-order valence-electron chi connectivity index (χ1n) is 6.85. The monoisotopic (exact) mass is 255 g/mol. The zero-order chi connectivity index (χ0) is 13.7. The second-order valence-corrected chi connectivity index (χ2v) is 4.65. The van der Waals surface area contributed by atoms with Crippen molar-refractivity contribution < 1.29 is 4.74 Å². The summed E-state index contributed by atoms with van der Waals surface area (Å²) in [6, 6.07) is 16.2. The molecule has 2 nitrogen and oxygen atoms in total. The quantitative estimate of drug-likeness (QED) is 0.856. The molecule has 0 aliphatic heterocycles. The molecule has 2 aromatic rings. The molecule has 1 atom stereocenters. The molecule has 0 aliphatic carbocycles. The van der Waals surface area contributed by atoms with Crippen molar-refractivity contribution in [3.8, 4) is 11.5 Å². The van der Waals surface area contributed by atoms with Gasteiger partial charge in [-0.05, 0) is 36.6 Å². The lowest BCUT2D eigenvalue weighted by Crippen LogP contribution is -2.09. The van der Waals surface area contributed by atoms with Crippen molar-refractivity contribution in [1.29, 1.82) is 0 Å². The molecule has 0 fully saturated rings. The van der Waals surface area contributed by atoms with Crippen LogP contribution in [0.4, 0.5) is 0 Å². The minimum atomic E-state index is 0.0196. The maximum absolute atomic E-state index is 6.11. The van der Waals surface area contributed by atoms with E-state index in [1.54, 1.807) is 0 Å². The van der Waals surface area contributed by atoms with Gasteiger partial charge < -0.3 is 10.5 Å². The van der Waals surface area contributed by atoms with Crippen LogP contribution in [0.2, 0.25) is 0 Å². The molecule has 0 radical (unpaired) electrons.